The largest absolute Gasteiger partial charge is 0.493 e. The van der Waals surface area contributed by atoms with Gasteiger partial charge in [-0.25, -0.2) is 0 Å². The van der Waals surface area contributed by atoms with E-state index in [4.69, 9.17) is 18.9 Å². The summed E-state index contributed by atoms with van der Waals surface area (Å²) in [4.78, 5) is 17.9. The molecule has 1 aromatic rings. The number of methoxy groups -OCH3 is 2. The van der Waals surface area contributed by atoms with Crippen molar-refractivity contribution in [3.8, 4) is 17.2 Å². The zero-order valence-electron chi connectivity index (χ0n) is 18.5. The number of esters is 1. The van der Waals surface area contributed by atoms with Crippen LogP contribution in [0.5, 0.6) is 17.2 Å². The highest BCUT2D eigenvalue weighted by atomic mass is 16.6. The number of piperidine rings is 1. The first-order valence-electron chi connectivity index (χ1n) is 11.7. The Balaban J connectivity index is 1.52. The van der Waals surface area contributed by atoms with Gasteiger partial charge in [0.05, 0.1) is 32.4 Å². The lowest BCUT2D eigenvalue weighted by Gasteiger charge is -2.58. The van der Waals surface area contributed by atoms with Crippen LogP contribution in [0.25, 0.3) is 0 Å². The molecular weight excluding hydrogens is 396 g/mol. The van der Waals surface area contributed by atoms with Gasteiger partial charge in [0.1, 0.15) is 12.7 Å². The molecule has 0 radical (unpaired) electrons. The third-order valence-corrected chi connectivity index (χ3v) is 9.36. The van der Waals surface area contributed by atoms with E-state index in [0.717, 1.165) is 50.3 Å². The van der Waals surface area contributed by atoms with Crippen LogP contribution < -0.4 is 19.1 Å². The number of benzene rings is 1. The van der Waals surface area contributed by atoms with Crippen molar-refractivity contribution >= 4 is 11.7 Å². The third kappa shape index (κ3) is 1.90. The maximum absolute atomic E-state index is 12.6. The summed E-state index contributed by atoms with van der Waals surface area (Å²) in [7, 11) is 3.39. The molecule has 4 fully saturated rings. The van der Waals surface area contributed by atoms with Gasteiger partial charge in [-0.1, -0.05) is 0 Å². The molecule has 6 atom stereocenters. The maximum Gasteiger partial charge on any atom is 0.306 e. The van der Waals surface area contributed by atoms with Crippen molar-refractivity contribution in [2.45, 2.75) is 68.7 Å². The van der Waals surface area contributed by atoms with Gasteiger partial charge in [-0.05, 0) is 50.9 Å². The van der Waals surface area contributed by atoms with Crippen LogP contribution in [0.4, 0.5) is 5.69 Å². The molecule has 1 aromatic carbocycles. The van der Waals surface area contributed by atoms with E-state index >= 15 is 0 Å². The van der Waals surface area contributed by atoms with Gasteiger partial charge in [-0.2, -0.15) is 0 Å². The van der Waals surface area contributed by atoms with Crippen molar-refractivity contribution in [3.05, 3.63) is 11.6 Å². The molecule has 0 bridgehead atoms. The first-order chi connectivity index (χ1) is 15.0. The van der Waals surface area contributed by atoms with Crippen molar-refractivity contribution in [2.75, 3.05) is 38.8 Å². The third-order valence-electron chi connectivity index (χ3n) is 9.36. The molecule has 2 spiro atoms. The number of ether oxygens (including phenoxy) is 4. The van der Waals surface area contributed by atoms with E-state index in [2.05, 4.69) is 22.8 Å². The molecule has 0 amide bonds. The van der Waals surface area contributed by atoms with Crippen molar-refractivity contribution in [1.29, 1.82) is 0 Å². The zero-order chi connectivity index (χ0) is 21.1. The Hall–Kier alpha value is -2.15. The van der Waals surface area contributed by atoms with Crippen molar-refractivity contribution in [1.82, 2.24) is 4.90 Å². The monoisotopic (exact) mass is 426 g/mol. The minimum atomic E-state index is -0.0684. The average Bonchev–Trinajstić information content (AvgIpc) is 3.40. The Morgan fingerprint density at radius 3 is 2.87 bits per heavy atom. The van der Waals surface area contributed by atoms with Gasteiger partial charge in [0.25, 0.3) is 0 Å². The highest BCUT2D eigenvalue weighted by Crippen LogP contribution is 2.70. The standard InChI is InChI=1S/C24H30N2O5/c1-13-12-30-21-19-14(9-15(28-2)20(21)29-3)24-6-8-25-7-4-5-23(22(24)25)11-18(27)31-17(23)10-16(24)26(13)19/h9,13,16-17,22H,4-8,10-12H2,1-3H3. The van der Waals surface area contributed by atoms with Gasteiger partial charge < -0.3 is 23.8 Å². The fourth-order valence-electron chi connectivity index (χ4n) is 8.54. The molecule has 3 saturated heterocycles. The highest BCUT2D eigenvalue weighted by molar-refractivity contribution is 5.82. The molecular formula is C24H30N2O5. The van der Waals surface area contributed by atoms with E-state index in [1.807, 2.05) is 0 Å². The minimum Gasteiger partial charge on any atom is -0.493 e. The van der Waals surface area contributed by atoms with Crippen LogP contribution in [0.15, 0.2) is 6.07 Å². The van der Waals surface area contributed by atoms with Crippen molar-refractivity contribution < 1.29 is 23.7 Å². The van der Waals surface area contributed by atoms with E-state index in [9.17, 15) is 4.79 Å². The van der Waals surface area contributed by atoms with Crippen molar-refractivity contribution in [2.24, 2.45) is 5.41 Å². The summed E-state index contributed by atoms with van der Waals surface area (Å²) >= 11 is 0. The summed E-state index contributed by atoms with van der Waals surface area (Å²) in [5.74, 6) is 2.25. The number of carbonyl (C=O) groups excluding carboxylic acids is 1. The number of fused-ring (bicyclic) bond motifs is 1. The van der Waals surface area contributed by atoms with Crippen LogP contribution >= 0.6 is 0 Å². The smallest absolute Gasteiger partial charge is 0.306 e. The van der Waals surface area contributed by atoms with E-state index in [-0.39, 0.29) is 28.9 Å². The topological polar surface area (TPSA) is 60.5 Å². The first-order valence-corrected chi connectivity index (χ1v) is 11.7. The normalized spacial score (nSPS) is 41.6. The molecule has 7 rings (SSSR count). The zero-order valence-corrected chi connectivity index (χ0v) is 18.5. The molecule has 1 aliphatic carbocycles. The summed E-state index contributed by atoms with van der Waals surface area (Å²) in [6.45, 7) is 5.06. The SMILES string of the molecule is COc1cc2c3c(c1OC)OCC(C)N3C1CC3OC(=O)CC34CCCN3CCC21C34. The van der Waals surface area contributed by atoms with Crippen LogP contribution in [0, 0.1) is 5.41 Å². The number of hydrogen-bond donors (Lipinski definition) is 0. The van der Waals surface area contributed by atoms with Crippen molar-refractivity contribution in [3.63, 3.8) is 0 Å². The second-order valence-electron chi connectivity index (χ2n) is 10.4. The molecule has 7 nitrogen and oxygen atoms in total. The number of anilines is 1. The quantitative estimate of drug-likeness (QED) is 0.674. The minimum absolute atomic E-state index is 0.00266. The van der Waals surface area contributed by atoms with Crippen LogP contribution in [-0.4, -0.2) is 69.0 Å². The maximum atomic E-state index is 12.6. The Labute approximate surface area is 182 Å². The Kier molecular flexibility index (Phi) is 3.45. The summed E-state index contributed by atoms with van der Waals surface area (Å²) in [6.07, 6.45) is 4.82. The Morgan fingerprint density at radius 2 is 2.06 bits per heavy atom. The summed E-state index contributed by atoms with van der Waals surface area (Å²) in [6, 6.07) is 3.10. The van der Waals surface area contributed by atoms with Gasteiger partial charge in [0.2, 0.25) is 5.75 Å². The summed E-state index contributed by atoms with van der Waals surface area (Å²) in [5.41, 5.74) is 2.43. The second-order valence-corrected chi connectivity index (χ2v) is 10.4. The molecule has 6 unspecified atom stereocenters. The Bertz CT molecular complexity index is 997. The Morgan fingerprint density at radius 1 is 1.19 bits per heavy atom. The lowest BCUT2D eigenvalue weighted by Crippen LogP contribution is -2.69. The molecule has 31 heavy (non-hydrogen) atoms. The van der Waals surface area contributed by atoms with Crippen LogP contribution in [0.3, 0.4) is 0 Å². The number of hydrogen-bond acceptors (Lipinski definition) is 7. The summed E-state index contributed by atoms with van der Waals surface area (Å²) < 4.78 is 23.9. The number of rotatable bonds is 2. The fraction of sp³-hybridized carbons (Fsp3) is 0.708. The average molecular weight is 427 g/mol. The molecule has 166 valence electrons. The van der Waals surface area contributed by atoms with Crippen LogP contribution in [-0.2, 0) is 14.9 Å². The van der Waals surface area contributed by atoms with E-state index in [1.54, 1.807) is 14.2 Å². The molecule has 0 aromatic heterocycles. The molecule has 0 N–H and O–H groups in total. The molecule has 5 aliphatic heterocycles. The second kappa shape index (κ2) is 5.80. The van der Waals surface area contributed by atoms with Gasteiger partial charge in [-0.15, -0.1) is 0 Å². The summed E-state index contributed by atoms with van der Waals surface area (Å²) in [5, 5.41) is 0. The molecule has 5 heterocycles. The van der Waals surface area contributed by atoms with Gasteiger partial charge in [0, 0.05) is 29.3 Å². The van der Waals surface area contributed by atoms with E-state index < -0.39 is 0 Å². The molecule has 6 aliphatic rings. The predicted molar refractivity (Wildman–Crippen MR) is 113 cm³/mol. The van der Waals surface area contributed by atoms with Crippen LogP contribution in [0.2, 0.25) is 0 Å². The van der Waals surface area contributed by atoms with E-state index in [1.165, 1.54) is 11.3 Å². The fourth-order valence-corrected chi connectivity index (χ4v) is 8.54. The van der Waals surface area contributed by atoms with Gasteiger partial charge >= 0.3 is 5.97 Å². The first kappa shape index (κ1) is 18.4. The lowest BCUT2D eigenvalue weighted by atomic mass is 9.51. The van der Waals surface area contributed by atoms with Crippen LogP contribution in [0.1, 0.15) is 44.6 Å². The predicted octanol–water partition coefficient (Wildman–Crippen LogP) is 2.48. The highest BCUT2D eigenvalue weighted by Gasteiger charge is 2.74. The van der Waals surface area contributed by atoms with E-state index in [0.29, 0.717) is 30.9 Å². The molecule has 7 heteroatoms. The lowest BCUT2D eigenvalue weighted by molar-refractivity contribution is -0.145. The van der Waals surface area contributed by atoms with Gasteiger partial charge in [0.15, 0.2) is 11.5 Å². The number of nitrogens with zero attached hydrogens (tertiary/aromatic N) is 2. The van der Waals surface area contributed by atoms with Gasteiger partial charge in [-0.3, -0.25) is 9.69 Å². The number of carbonyl (C=O) groups is 1. The molecule has 1 saturated carbocycles.